The molecule has 5 nitrogen and oxygen atoms in total. The van der Waals surface area contributed by atoms with Crippen molar-refractivity contribution in [3.63, 3.8) is 0 Å². The summed E-state index contributed by atoms with van der Waals surface area (Å²) in [4.78, 5) is 26.4. The van der Waals surface area contributed by atoms with Crippen LogP contribution in [0.3, 0.4) is 0 Å². The number of benzene rings is 2. The highest BCUT2D eigenvalue weighted by Crippen LogP contribution is 2.31. The van der Waals surface area contributed by atoms with Gasteiger partial charge in [-0.05, 0) is 23.3 Å². The van der Waals surface area contributed by atoms with E-state index in [-0.39, 0.29) is 17.5 Å². The molecule has 26 heavy (non-hydrogen) atoms. The van der Waals surface area contributed by atoms with Crippen LogP contribution in [0.2, 0.25) is 10.0 Å². The zero-order chi connectivity index (χ0) is 18.7. The lowest BCUT2D eigenvalue weighted by atomic mass is 9.94. The van der Waals surface area contributed by atoms with Crippen LogP contribution in [-0.4, -0.2) is 36.5 Å². The van der Waals surface area contributed by atoms with E-state index in [9.17, 15) is 9.59 Å². The summed E-state index contributed by atoms with van der Waals surface area (Å²) in [7, 11) is 1.31. The van der Waals surface area contributed by atoms with Gasteiger partial charge >= 0.3 is 5.97 Å². The molecule has 0 radical (unpaired) electrons. The Bertz CT molecular complexity index is 840. The molecule has 0 aliphatic carbocycles. The first kappa shape index (κ1) is 18.5. The van der Waals surface area contributed by atoms with Crippen LogP contribution in [0.4, 0.5) is 0 Å². The minimum atomic E-state index is -0.680. The lowest BCUT2D eigenvalue weighted by molar-refractivity contribution is -0.154. The lowest BCUT2D eigenvalue weighted by Gasteiger charge is -2.35. The van der Waals surface area contributed by atoms with Gasteiger partial charge in [0.1, 0.15) is 16.8 Å². The van der Waals surface area contributed by atoms with Crippen LogP contribution in [-0.2, 0) is 27.3 Å². The maximum atomic E-state index is 12.7. The van der Waals surface area contributed by atoms with Gasteiger partial charge in [-0.3, -0.25) is 4.79 Å². The Hall–Kier alpha value is -2.24. The molecule has 0 N–H and O–H groups in total. The monoisotopic (exact) mass is 393 g/mol. The highest BCUT2D eigenvalue weighted by Gasteiger charge is 2.35. The topological polar surface area (TPSA) is 55.8 Å². The maximum absolute atomic E-state index is 12.7. The van der Waals surface area contributed by atoms with E-state index in [1.165, 1.54) is 12.0 Å². The number of ether oxygens (including phenoxy) is 2. The van der Waals surface area contributed by atoms with Gasteiger partial charge in [-0.25, -0.2) is 4.79 Å². The molecule has 1 aliphatic rings. The second-order valence-corrected chi connectivity index (χ2v) is 6.66. The van der Waals surface area contributed by atoms with Crippen LogP contribution >= 0.6 is 23.2 Å². The molecule has 136 valence electrons. The van der Waals surface area contributed by atoms with E-state index >= 15 is 0 Å². The van der Waals surface area contributed by atoms with Crippen molar-refractivity contribution in [3.8, 4) is 5.75 Å². The molecule has 1 atom stereocenters. The van der Waals surface area contributed by atoms with Crippen molar-refractivity contribution in [2.24, 2.45) is 0 Å². The van der Waals surface area contributed by atoms with E-state index in [4.69, 9.17) is 32.7 Å². The molecule has 0 bridgehead atoms. The molecule has 2 aromatic carbocycles. The van der Waals surface area contributed by atoms with Crippen molar-refractivity contribution in [1.29, 1.82) is 0 Å². The first-order valence-electron chi connectivity index (χ1n) is 8.02. The van der Waals surface area contributed by atoms with Crippen LogP contribution < -0.4 is 4.74 Å². The van der Waals surface area contributed by atoms with Crippen molar-refractivity contribution in [2.75, 3.05) is 13.7 Å². The van der Waals surface area contributed by atoms with Gasteiger partial charge in [0, 0.05) is 13.0 Å². The van der Waals surface area contributed by atoms with Crippen molar-refractivity contribution >= 4 is 35.1 Å². The van der Waals surface area contributed by atoms with Crippen molar-refractivity contribution in [3.05, 3.63) is 63.6 Å². The van der Waals surface area contributed by atoms with E-state index in [0.29, 0.717) is 23.7 Å². The number of methoxy groups -OCH3 is 1. The summed E-state index contributed by atoms with van der Waals surface area (Å²) in [5, 5.41) is 0.589. The summed E-state index contributed by atoms with van der Waals surface area (Å²) < 4.78 is 10.4. The van der Waals surface area contributed by atoms with Crippen LogP contribution in [0.5, 0.6) is 5.75 Å². The predicted octanol–water partition coefficient (Wildman–Crippen LogP) is 3.50. The number of fused-ring (bicyclic) bond motifs is 1. The first-order chi connectivity index (χ1) is 12.5. The van der Waals surface area contributed by atoms with E-state index in [1.54, 1.807) is 18.2 Å². The fourth-order valence-corrected chi connectivity index (χ4v) is 3.30. The molecule has 3 rings (SSSR count). The minimum absolute atomic E-state index is 0.246. The van der Waals surface area contributed by atoms with Gasteiger partial charge in [0.15, 0.2) is 6.61 Å². The van der Waals surface area contributed by atoms with E-state index in [1.807, 2.05) is 24.3 Å². The van der Waals surface area contributed by atoms with Crippen molar-refractivity contribution in [1.82, 2.24) is 4.90 Å². The Labute approximate surface area is 161 Å². The summed E-state index contributed by atoms with van der Waals surface area (Å²) in [5.41, 5.74) is 2.03. The van der Waals surface area contributed by atoms with Crippen LogP contribution in [0.15, 0.2) is 42.5 Å². The Kier molecular flexibility index (Phi) is 5.69. The van der Waals surface area contributed by atoms with Crippen LogP contribution in [0, 0.1) is 0 Å². The van der Waals surface area contributed by atoms with Gasteiger partial charge in [-0.2, -0.15) is 0 Å². The predicted molar refractivity (Wildman–Crippen MR) is 98.5 cm³/mol. The van der Waals surface area contributed by atoms with Gasteiger partial charge in [-0.1, -0.05) is 53.5 Å². The number of nitrogens with zero attached hydrogens (tertiary/aromatic N) is 1. The minimum Gasteiger partial charge on any atom is -0.482 e. The van der Waals surface area contributed by atoms with E-state index in [2.05, 4.69) is 0 Å². The average Bonchev–Trinajstić information content (AvgIpc) is 2.67. The number of carbonyl (C=O) groups is 2. The molecule has 1 aliphatic heterocycles. The summed E-state index contributed by atoms with van der Waals surface area (Å²) in [6.45, 7) is 0.0666. The summed E-state index contributed by atoms with van der Waals surface area (Å²) in [6, 6.07) is 12.0. The third-order valence-electron chi connectivity index (χ3n) is 4.31. The molecular weight excluding hydrogens is 377 g/mol. The third kappa shape index (κ3) is 3.79. The van der Waals surface area contributed by atoms with Crippen molar-refractivity contribution in [2.45, 2.75) is 19.0 Å². The Morgan fingerprint density at radius 2 is 1.85 bits per heavy atom. The number of carbonyl (C=O) groups excluding carboxylic acids is 2. The normalized spacial score (nSPS) is 16.0. The number of rotatable bonds is 4. The molecule has 0 aromatic heterocycles. The lowest BCUT2D eigenvalue weighted by Crippen LogP contribution is -2.50. The molecule has 7 heteroatoms. The standard InChI is InChI=1S/C19H17Cl2NO4/c1-25-19(24)15-9-12-5-2-3-6-13(12)10-22(15)17(23)11-26-16-8-4-7-14(20)18(16)21/h2-8,15H,9-11H2,1H3/t15-/m1/s1. The first-order valence-corrected chi connectivity index (χ1v) is 8.77. The highest BCUT2D eigenvalue weighted by molar-refractivity contribution is 6.42. The molecule has 1 heterocycles. The molecule has 1 amide bonds. The molecule has 2 aromatic rings. The summed E-state index contributed by atoms with van der Waals surface area (Å²) >= 11 is 12.0. The second kappa shape index (κ2) is 7.98. The quantitative estimate of drug-likeness (QED) is 0.745. The fraction of sp³-hybridized carbons (Fsp3) is 0.263. The third-order valence-corrected chi connectivity index (χ3v) is 5.11. The van der Waals surface area contributed by atoms with Gasteiger partial charge in [0.25, 0.3) is 5.91 Å². The van der Waals surface area contributed by atoms with Gasteiger partial charge < -0.3 is 14.4 Å². The Balaban J connectivity index is 1.77. The fourth-order valence-electron chi connectivity index (χ4n) is 2.95. The number of esters is 1. The highest BCUT2D eigenvalue weighted by atomic mass is 35.5. The van der Waals surface area contributed by atoms with Crippen LogP contribution in [0.25, 0.3) is 0 Å². The van der Waals surface area contributed by atoms with Gasteiger partial charge in [0.2, 0.25) is 0 Å². The second-order valence-electron chi connectivity index (χ2n) is 5.87. The largest absolute Gasteiger partial charge is 0.482 e. The number of halogens is 2. The van der Waals surface area contributed by atoms with Gasteiger partial charge in [-0.15, -0.1) is 0 Å². The number of hydrogen-bond donors (Lipinski definition) is 0. The number of amides is 1. The SMILES string of the molecule is COC(=O)[C@H]1Cc2ccccc2CN1C(=O)COc1cccc(Cl)c1Cl. The maximum Gasteiger partial charge on any atom is 0.328 e. The molecule has 0 saturated carbocycles. The van der Waals surface area contributed by atoms with Crippen molar-refractivity contribution < 1.29 is 19.1 Å². The van der Waals surface area contributed by atoms with E-state index in [0.717, 1.165) is 11.1 Å². The van der Waals surface area contributed by atoms with Crippen LogP contribution in [0.1, 0.15) is 11.1 Å². The molecule has 0 unspecified atom stereocenters. The zero-order valence-electron chi connectivity index (χ0n) is 14.1. The zero-order valence-corrected chi connectivity index (χ0v) is 15.6. The molecule has 0 fully saturated rings. The summed E-state index contributed by atoms with van der Waals surface area (Å²) in [5.74, 6) is -0.459. The molecule has 0 saturated heterocycles. The summed E-state index contributed by atoms with van der Waals surface area (Å²) in [6.07, 6.45) is 0.409. The average molecular weight is 394 g/mol. The van der Waals surface area contributed by atoms with Gasteiger partial charge in [0.05, 0.1) is 12.1 Å². The molecular formula is C19H17Cl2NO4. The Morgan fingerprint density at radius 3 is 2.58 bits per heavy atom. The number of hydrogen-bond acceptors (Lipinski definition) is 4. The Morgan fingerprint density at radius 1 is 1.12 bits per heavy atom. The molecule has 0 spiro atoms. The van der Waals surface area contributed by atoms with E-state index < -0.39 is 12.0 Å². The smallest absolute Gasteiger partial charge is 0.328 e.